The molecule has 25 heavy (non-hydrogen) atoms. The van der Waals surface area contributed by atoms with Crippen molar-refractivity contribution in [1.29, 1.82) is 0 Å². The number of carbonyl (C=O) groups is 1. The van der Waals surface area contributed by atoms with Gasteiger partial charge in [-0.2, -0.15) is 8.42 Å². The molecular weight excluding hydrogens is 358 g/mol. The standard InChI is InChI=1S/C15H12F2N2O5S/c16-10-2-4-13-9(5-10)1-3-14(23-13)15(20)19-11-6-12(8-18-7-11)24-25(17,21)22/h2,4-8,14H,1,3H2,(H,19,20). The van der Waals surface area contributed by atoms with Crippen LogP contribution in [0.2, 0.25) is 0 Å². The van der Waals surface area contributed by atoms with Gasteiger partial charge in [-0.1, -0.05) is 3.89 Å². The second-order valence-electron chi connectivity index (χ2n) is 5.27. The lowest BCUT2D eigenvalue weighted by Crippen LogP contribution is -2.35. The van der Waals surface area contributed by atoms with Gasteiger partial charge in [-0.25, -0.2) is 4.39 Å². The predicted molar refractivity (Wildman–Crippen MR) is 82.7 cm³/mol. The van der Waals surface area contributed by atoms with Crippen LogP contribution in [-0.4, -0.2) is 25.4 Å². The molecule has 0 saturated heterocycles. The van der Waals surface area contributed by atoms with E-state index in [1.807, 2.05) is 0 Å². The molecule has 1 atom stereocenters. The van der Waals surface area contributed by atoms with E-state index in [9.17, 15) is 21.5 Å². The van der Waals surface area contributed by atoms with Crippen molar-refractivity contribution in [3.63, 3.8) is 0 Å². The summed E-state index contributed by atoms with van der Waals surface area (Å²) in [5.74, 6) is -0.842. The number of benzene rings is 1. The molecule has 0 fully saturated rings. The van der Waals surface area contributed by atoms with Gasteiger partial charge in [0.05, 0.1) is 18.1 Å². The molecule has 132 valence electrons. The molecule has 7 nitrogen and oxygen atoms in total. The normalized spacial score (nSPS) is 16.5. The minimum absolute atomic E-state index is 0.111. The van der Waals surface area contributed by atoms with Crippen molar-refractivity contribution in [2.75, 3.05) is 5.32 Å². The van der Waals surface area contributed by atoms with E-state index in [1.165, 1.54) is 24.4 Å². The third-order valence-corrected chi connectivity index (χ3v) is 3.83. The largest absolute Gasteiger partial charge is 0.488 e. The summed E-state index contributed by atoms with van der Waals surface area (Å²) in [6.07, 6.45) is 2.21. The van der Waals surface area contributed by atoms with Gasteiger partial charge in [-0.15, -0.1) is 0 Å². The minimum atomic E-state index is -5.19. The topological polar surface area (TPSA) is 94.6 Å². The molecule has 0 spiro atoms. The summed E-state index contributed by atoms with van der Waals surface area (Å²) in [5.41, 5.74) is 0.786. The molecule has 2 aromatic rings. The van der Waals surface area contributed by atoms with Crippen molar-refractivity contribution < 1.29 is 30.4 Å². The van der Waals surface area contributed by atoms with Crippen LogP contribution in [0, 0.1) is 5.82 Å². The van der Waals surface area contributed by atoms with E-state index in [0.717, 1.165) is 12.3 Å². The first kappa shape index (κ1) is 17.1. The fraction of sp³-hybridized carbons (Fsp3) is 0.200. The lowest BCUT2D eigenvalue weighted by atomic mass is 10.0. The number of aromatic nitrogens is 1. The molecule has 1 aliphatic rings. The maximum Gasteiger partial charge on any atom is 0.488 e. The van der Waals surface area contributed by atoms with Gasteiger partial charge in [0.25, 0.3) is 5.91 Å². The van der Waals surface area contributed by atoms with Crippen LogP contribution in [0.15, 0.2) is 36.7 Å². The monoisotopic (exact) mass is 370 g/mol. The van der Waals surface area contributed by atoms with Gasteiger partial charge in [-0.3, -0.25) is 9.78 Å². The Hall–Kier alpha value is -2.75. The number of halogens is 2. The maximum absolute atomic E-state index is 13.2. The van der Waals surface area contributed by atoms with Crippen LogP contribution in [0.4, 0.5) is 14.0 Å². The van der Waals surface area contributed by atoms with Crippen LogP contribution in [0.1, 0.15) is 12.0 Å². The van der Waals surface area contributed by atoms with Gasteiger partial charge < -0.3 is 14.2 Å². The van der Waals surface area contributed by atoms with Crippen molar-refractivity contribution in [3.8, 4) is 11.5 Å². The quantitative estimate of drug-likeness (QED) is 0.829. The average Bonchev–Trinajstić information content (AvgIpc) is 2.53. The molecule has 0 bridgehead atoms. The molecule has 3 rings (SSSR count). The number of amides is 1. The van der Waals surface area contributed by atoms with Gasteiger partial charge in [0.2, 0.25) is 0 Å². The zero-order valence-electron chi connectivity index (χ0n) is 12.6. The third-order valence-electron chi connectivity index (χ3n) is 3.44. The molecule has 10 heteroatoms. The first-order chi connectivity index (χ1) is 11.8. The van der Waals surface area contributed by atoms with Gasteiger partial charge in [0.15, 0.2) is 11.9 Å². The van der Waals surface area contributed by atoms with Crippen LogP contribution in [0.25, 0.3) is 0 Å². The van der Waals surface area contributed by atoms with Gasteiger partial charge in [0.1, 0.15) is 11.6 Å². The highest BCUT2D eigenvalue weighted by molar-refractivity contribution is 7.81. The molecule has 2 heterocycles. The predicted octanol–water partition coefficient (Wildman–Crippen LogP) is 2.15. The van der Waals surface area contributed by atoms with Crippen molar-refractivity contribution in [1.82, 2.24) is 4.98 Å². The molecule has 1 aliphatic heterocycles. The zero-order chi connectivity index (χ0) is 18.0. The molecule has 0 aliphatic carbocycles. The summed E-state index contributed by atoms with van der Waals surface area (Å²) in [5, 5.41) is 2.48. The maximum atomic E-state index is 13.2. The van der Waals surface area contributed by atoms with Gasteiger partial charge in [-0.05, 0) is 36.6 Å². The van der Waals surface area contributed by atoms with Crippen LogP contribution in [0.5, 0.6) is 11.5 Å². The summed E-state index contributed by atoms with van der Waals surface area (Å²) in [7, 11) is -5.19. The number of anilines is 1. The molecule has 1 unspecified atom stereocenters. The number of ether oxygens (including phenoxy) is 1. The molecule has 0 radical (unpaired) electrons. The fourth-order valence-corrected chi connectivity index (χ4v) is 2.73. The molecule has 1 aromatic carbocycles. The Morgan fingerprint density at radius 1 is 1.32 bits per heavy atom. The number of hydrogen-bond acceptors (Lipinski definition) is 6. The molecule has 1 amide bonds. The SMILES string of the molecule is O=C(Nc1cncc(OS(=O)(=O)F)c1)C1CCc2cc(F)ccc2O1. The van der Waals surface area contributed by atoms with Crippen molar-refractivity contribution in [2.24, 2.45) is 0 Å². The molecular formula is C15H12F2N2O5S. The summed E-state index contributed by atoms with van der Waals surface area (Å²) in [4.78, 5) is 15.9. The third kappa shape index (κ3) is 4.41. The Bertz CT molecular complexity index is 920. The summed E-state index contributed by atoms with van der Waals surface area (Å²) < 4.78 is 56.2. The van der Waals surface area contributed by atoms with E-state index in [2.05, 4.69) is 14.5 Å². The summed E-state index contributed by atoms with van der Waals surface area (Å²) in [6, 6.07) is 5.15. The fourth-order valence-electron chi connectivity index (χ4n) is 2.41. The number of nitrogens with one attached hydrogen (secondary N) is 1. The number of nitrogens with zero attached hydrogens (tertiary/aromatic N) is 1. The van der Waals surface area contributed by atoms with E-state index in [1.54, 1.807) is 0 Å². The second-order valence-corrected chi connectivity index (χ2v) is 6.23. The second kappa shape index (κ2) is 6.63. The lowest BCUT2D eigenvalue weighted by molar-refractivity contribution is -0.123. The van der Waals surface area contributed by atoms with E-state index < -0.39 is 22.5 Å². The highest BCUT2D eigenvalue weighted by Crippen LogP contribution is 2.28. The van der Waals surface area contributed by atoms with Crippen molar-refractivity contribution >= 4 is 22.1 Å². The Balaban J connectivity index is 1.69. The van der Waals surface area contributed by atoms with Crippen LogP contribution in [-0.2, 0) is 21.7 Å². The average molecular weight is 370 g/mol. The van der Waals surface area contributed by atoms with E-state index in [-0.39, 0.29) is 17.3 Å². The van der Waals surface area contributed by atoms with Crippen LogP contribution >= 0.6 is 0 Å². The molecule has 1 N–H and O–H groups in total. The zero-order valence-corrected chi connectivity index (χ0v) is 13.4. The number of fused-ring (bicyclic) bond motifs is 1. The number of rotatable bonds is 4. The van der Waals surface area contributed by atoms with E-state index >= 15 is 0 Å². The minimum Gasteiger partial charge on any atom is -0.480 e. The Morgan fingerprint density at radius 2 is 2.12 bits per heavy atom. The number of hydrogen-bond donors (Lipinski definition) is 1. The highest BCUT2D eigenvalue weighted by atomic mass is 32.3. The molecule has 0 saturated carbocycles. The number of aryl methyl sites for hydroxylation is 1. The van der Waals surface area contributed by atoms with Crippen molar-refractivity contribution in [2.45, 2.75) is 18.9 Å². The first-order valence-corrected chi connectivity index (χ1v) is 8.46. The smallest absolute Gasteiger partial charge is 0.480 e. The van der Waals surface area contributed by atoms with E-state index in [4.69, 9.17) is 4.74 Å². The van der Waals surface area contributed by atoms with Crippen molar-refractivity contribution in [3.05, 3.63) is 48.0 Å². The Kier molecular flexibility index (Phi) is 4.53. The number of pyridine rings is 1. The van der Waals surface area contributed by atoms with Crippen LogP contribution < -0.4 is 14.2 Å². The first-order valence-electron chi connectivity index (χ1n) is 7.15. The lowest BCUT2D eigenvalue weighted by Gasteiger charge is -2.25. The van der Waals surface area contributed by atoms with Gasteiger partial charge in [0, 0.05) is 6.07 Å². The van der Waals surface area contributed by atoms with E-state index in [0.29, 0.717) is 24.2 Å². The van der Waals surface area contributed by atoms with Crippen LogP contribution in [0.3, 0.4) is 0 Å². The number of carbonyl (C=O) groups excluding carboxylic acids is 1. The Morgan fingerprint density at radius 3 is 2.88 bits per heavy atom. The van der Waals surface area contributed by atoms with Gasteiger partial charge >= 0.3 is 10.5 Å². The Labute approximate surface area is 142 Å². The highest BCUT2D eigenvalue weighted by Gasteiger charge is 2.26. The molecule has 1 aromatic heterocycles. The summed E-state index contributed by atoms with van der Waals surface area (Å²) in [6.45, 7) is 0. The summed E-state index contributed by atoms with van der Waals surface area (Å²) >= 11 is 0.